The molecule has 1 amide bonds. The fraction of sp³-hybridized carbons (Fsp3) is 0.786. The molecule has 5 aliphatic rings. The highest BCUT2D eigenvalue weighted by Crippen LogP contribution is 2.70. The average molecular weight is 467 g/mol. The third-order valence-corrected chi connectivity index (χ3v) is 11.4. The second-order valence-corrected chi connectivity index (χ2v) is 13.4. The first-order valence-electron chi connectivity index (χ1n) is 13.1. The number of hydrogen-bond acceptors (Lipinski definition) is 5. The third-order valence-electron chi connectivity index (χ3n) is 11.4. The highest BCUT2D eigenvalue weighted by atomic mass is 16.5. The molecule has 0 bridgehead atoms. The predicted molar refractivity (Wildman–Crippen MR) is 125 cm³/mol. The van der Waals surface area contributed by atoms with Gasteiger partial charge in [0, 0.05) is 18.8 Å². The number of carbonyl (C=O) groups is 3. The van der Waals surface area contributed by atoms with Crippen molar-refractivity contribution in [1.82, 2.24) is 5.48 Å². The Labute approximate surface area is 202 Å². The van der Waals surface area contributed by atoms with Crippen molar-refractivity contribution >= 4 is 17.5 Å². The van der Waals surface area contributed by atoms with Crippen LogP contribution in [0.25, 0.3) is 0 Å². The maximum absolute atomic E-state index is 14.0. The Kier molecular flexibility index (Phi) is 5.23. The number of nitrogens with zero attached hydrogens (tertiary/aromatic N) is 1. The number of fused-ring (bicyclic) bond motifs is 7. The van der Waals surface area contributed by atoms with Crippen LogP contribution in [-0.2, 0) is 14.4 Å². The molecular weight excluding hydrogens is 428 g/mol. The van der Waals surface area contributed by atoms with E-state index in [0.29, 0.717) is 25.7 Å². The van der Waals surface area contributed by atoms with E-state index in [2.05, 4.69) is 33.8 Å². The van der Waals surface area contributed by atoms with Gasteiger partial charge in [0.2, 0.25) is 5.91 Å². The summed E-state index contributed by atoms with van der Waals surface area (Å²) in [4.78, 5) is 39.6. The molecule has 0 saturated heterocycles. The number of hydroxylamine groups is 1. The second-order valence-electron chi connectivity index (χ2n) is 13.4. The molecule has 4 fully saturated rings. The molecule has 8 unspecified atom stereocenters. The number of hydrogen-bond donors (Lipinski definition) is 2. The number of ketones is 2. The molecule has 5 rings (SSSR count). The molecule has 0 aromatic carbocycles. The number of Topliss-reactive ketones (excluding diaryl/α,β-unsaturated/α-hetero) is 2. The Balaban J connectivity index is 1.57. The molecule has 6 nitrogen and oxygen atoms in total. The number of nitrogens with one attached hydrogen (secondary N) is 1. The van der Waals surface area contributed by atoms with Crippen molar-refractivity contribution in [3.63, 3.8) is 0 Å². The first kappa shape index (κ1) is 23.7. The average Bonchev–Trinajstić information content (AvgIpc) is 2.79. The summed E-state index contributed by atoms with van der Waals surface area (Å²) in [5.41, 5.74) is 1.20. The standard InChI is InChI=1S/C28H38N2O4/c1-25(2)9-10-28(24(33)30-34)8-6-18-23(19(28)14-25)21(32)12-22-26(18,3)7-5-17-11-20(31)16(15-29)13-27(17,22)4/h13,17-19,22-23,34H,5-12,14H2,1-4H3,(H,30,33). The van der Waals surface area contributed by atoms with Gasteiger partial charge in [-0.3, -0.25) is 19.6 Å². The molecule has 2 N–H and O–H groups in total. The fourth-order valence-electron chi connectivity index (χ4n) is 9.55. The molecule has 8 atom stereocenters. The van der Waals surface area contributed by atoms with E-state index < -0.39 is 5.41 Å². The van der Waals surface area contributed by atoms with Crippen molar-refractivity contribution in [1.29, 1.82) is 5.26 Å². The van der Waals surface area contributed by atoms with Crippen LogP contribution < -0.4 is 5.48 Å². The Bertz CT molecular complexity index is 1020. The van der Waals surface area contributed by atoms with E-state index in [0.717, 1.165) is 32.1 Å². The Morgan fingerprint density at radius 1 is 1.06 bits per heavy atom. The van der Waals surface area contributed by atoms with Gasteiger partial charge in [-0.2, -0.15) is 5.26 Å². The Morgan fingerprint density at radius 2 is 1.79 bits per heavy atom. The van der Waals surface area contributed by atoms with Crippen molar-refractivity contribution in [2.75, 3.05) is 0 Å². The van der Waals surface area contributed by atoms with Crippen molar-refractivity contribution in [2.45, 2.75) is 85.5 Å². The molecule has 6 heteroatoms. The zero-order valence-corrected chi connectivity index (χ0v) is 20.9. The topological polar surface area (TPSA) is 107 Å². The van der Waals surface area contributed by atoms with Gasteiger partial charge in [0.1, 0.15) is 11.9 Å². The van der Waals surface area contributed by atoms with Gasteiger partial charge in [-0.05, 0) is 84.9 Å². The largest absolute Gasteiger partial charge is 0.299 e. The van der Waals surface area contributed by atoms with Crippen LogP contribution in [0.1, 0.15) is 85.5 Å². The van der Waals surface area contributed by atoms with Gasteiger partial charge in [0.25, 0.3) is 0 Å². The van der Waals surface area contributed by atoms with Gasteiger partial charge in [-0.25, -0.2) is 5.48 Å². The smallest absolute Gasteiger partial charge is 0.249 e. The number of nitriles is 1. The Hall–Kier alpha value is -2.00. The number of amides is 1. The summed E-state index contributed by atoms with van der Waals surface area (Å²) in [6, 6.07) is 2.12. The van der Waals surface area contributed by atoms with Crippen LogP contribution in [0.2, 0.25) is 0 Å². The molecule has 34 heavy (non-hydrogen) atoms. The fourth-order valence-corrected chi connectivity index (χ4v) is 9.55. The van der Waals surface area contributed by atoms with Gasteiger partial charge < -0.3 is 0 Å². The minimum atomic E-state index is -0.670. The van der Waals surface area contributed by atoms with Gasteiger partial charge >= 0.3 is 0 Å². The summed E-state index contributed by atoms with van der Waals surface area (Å²) < 4.78 is 0. The summed E-state index contributed by atoms with van der Waals surface area (Å²) in [6.07, 6.45) is 8.63. The van der Waals surface area contributed by atoms with E-state index in [-0.39, 0.29) is 68.9 Å². The third kappa shape index (κ3) is 3.05. The maximum Gasteiger partial charge on any atom is 0.249 e. The summed E-state index contributed by atoms with van der Waals surface area (Å²) in [5, 5.41) is 19.2. The van der Waals surface area contributed by atoms with Crippen LogP contribution >= 0.6 is 0 Å². The zero-order chi connectivity index (χ0) is 24.7. The second kappa shape index (κ2) is 7.50. The summed E-state index contributed by atoms with van der Waals surface area (Å²) in [6.45, 7) is 8.98. The molecule has 4 saturated carbocycles. The van der Waals surface area contributed by atoms with Gasteiger partial charge in [-0.15, -0.1) is 0 Å². The summed E-state index contributed by atoms with van der Waals surface area (Å²) in [7, 11) is 0. The van der Waals surface area contributed by atoms with Crippen LogP contribution in [-0.4, -0.2) is 22.7 Å². The molecule has 0 radical (unpaired) electrons. The van der Waals surface area contributed by atoms with Gasteiger partial charge in [0.15, 0.2) is 5.78 Å². The molecule has 0 aromatic heterocycles. The normalized spacial score (nSPS) is 47.2. The van der Waals surface area contributed by atoms with Gasteiger partial charge in [-0.1, -0.05) is 33.8 Å². The quantitative estimate of drug-likeness (QED) is 0.428. The minimum absolute atomic E-state index is 0.0572. The molecular formula is C28H38N2O4. The van der Waals surface area contributed by atoms with Crippen molar-refractivity contribution in [2.24, 2.45) is 51.2 Å². The van der Waals surface area contributed by atoms with E-state index in [1.54, 1.807) is 0 Å². The van der Waals surface area contributed by atoms with Crippen LogP contribution in [0.3, 0.4) is 0 Å². The van der Waals surface area contributed by atoms with E-state index in [4.69, 9.17) is 0 Å². The lowest BCUT2D eigenvalue weighted by Gasteiger charge is -2.66. The first-order valence-corrected chi connectivity index (χ1v) is 13.1. The minimum Gasteiger partial charge on any atom is -0.299 e. The maximum atomic E-state index is 14.0. The molecule has 184 valence electrons. The molecule has 0 heterocycles. The summed E-state index contributed by atoms with van der Waals surface area (Å²) >= 11 is 0. The number of rotatable bonds is 1. The van der Waals surface area contributed by atoms with Gasteiger partial charge in [0.05, 0.1) is 11.0 Å². The first-order chi connectivity index (χ1) is 15.9. The number of carbonyl (C=O) groups excluding carboxylic acids is 3. The van der Waals surface area contributed by atoms with Crippen LogP contribution in [0, 0.1) is 62.6 Å². The monoisotopic (exact) mass is 466 g/mol. The van der Waals surface area contributed by atoms with Crippen molar-refractivity contribution in [3.05, 3.63) is 11.6 Å². The molecule has 0 aromatic rings. The van der Waals surface area contributed by atoms with Crippen LogP contribution in [0.15, 0.2) is 11.6 Å². The van der Waals surface area contributed by atoms with Crippen molar-refractivity contribution in [3.8, 4) is 6.07 Å². The SMILES string of the molecule is CC1(C)CCC2(C(=O)NO)CCC3C(C(=O)CC4C5(C)C=C(C#N)C(=O)CC5CCC34C)C2C1. The summed E-state index contributed by atoms with van der Waals surface area (Å²) in [5.74, 6) is 0.107. The lowest BCUT2D eigenvalue weighted by Crippen LogP contribution is -2.64. The number of allylic oxidation sites excluding steroid dienone is 2. The van der Waals surface area contributed by atoms with E-state index in [1.165, 1.54) is 0 Å². The highest BCUT2D eigenvalue weighted by molar-refractivity contribution is 6.00. The predicted octanol–water partition coefficient (Wildman–Crippen LogP) is 4.77. The van der Waals surface area contributed by atoms with Crippen molar-refractivity contribution < 1.29 is 19.6 Å². The Morgan fingerprint density at radius 3 is 2.47 bits per heavy atom. The zero-order valence-electron chi connectivity index (χ0n) is 20.9. The van der Waals surface area contributed by atoms with E-state index >= 15 is 0 Å². The lowest BCUT2D eigenvalue weighted by molar-refractivity contribution is -0.189. The lowest BCUT2D eigenvalue weighted by atomic mass is 9.37. The molecule has 5 aliphatic carbocycles. The molecule has 0 aliphatic heterocycles. The van der Waals surface area contributed by atoms with E-state index in [1.807, 2.05) is 11.6 Å². The highest BCUT2D eigenvalue weighted by Gasteiger charge is 2.67. The van der Waals surface area contributed by atoms with E-state index in [9.17, 15) is 24.9 Å². The molecule has 0 spiro atoms. The van der Waals surface area contributed by atoms with Crippen LogP contribution in [0.5, 0.6) is 0 Å². The van der Waals surface area contributed by atoms with Crippen LogP contribution in [0.4, 0.5) is 0 Å².